The van der Waals surface area contributed by atoms with E-state index < -0.39 is 42.0 Å². The zero-order valence-electron chi connectivity index (χ0n) is 15.0. The zero-order chi connectivity index (χ0) is 20.4. The Balaban J connectivity index is 1.60. The highest BCUT2D eigenvalue weighted by atomic mass is 19.4. The average molecular weight is 399 g/mol. The predicted molar refractivity (Wildman–Crippen MR) is 92.4 cm³/mol. The maximum absolute atomic E-state index is 12.8. The standard InChI is InChI=1S/C18H20F3N3O4/c19-18(20,21)28-13-7-5-12(6-8-13)22-14(25)11-24-15(26)17(23-16(24)27)9-3-1-2-4-10-17/h5-8H,1-4,9-11H2,(H,22,25)(H,23,27). The summed E-state index contributed by atoms with van der Waals surface area (Å²) in [6.45, 7) is -0.465. The number of hydrogen-bond donors (Lipinski definition) is 2. The minimum atomic E-state index is -4.80. The van der Waals surface area contributed by atoms with Crippen LogP contribution in [0.25, 0.3) is 0 Å². The Labute approximate surface area is 159 Å². The third-order valence-corrected chi connectivity index (χ3v) is 4.88. The number of amides is 4. The Morgan fingerprint density at radius 1 is 1.11 bits per heavy atom. The van der Waals surface area contributed by atoms with Crippen LogP contribution in [0, 0.1) is 0 Å². The number of benzene rings is 1. The van der Waals surface area contributed by atoms with Gasteiger partial charge in [-0.3, -0.25) is 14.5 Å². The molecule has 1 aliphatic heterocycles. The minimum Gasteiger partial charge on any atom is -0.406 e. The van der Waals surface area contributed by atoms with E-state index in [1.165, 1.54) is 12.1 Å². The Kier molecular flexibility index (Phi) is 5.48. The van der Waals surface area contributed by atoms with Gasteiger partial charge in [-0.25, -0.2) is 4.79 Å². The molecule has 0 aromatic heterocycles. The first kappa shape index (κ1) is 20.0. The number of alkyl halides is 3. The summed E-state index contributed by atoms with van der Waals surface area (Å²) >= 11 is 0. The number of rotatable bonds is 4. The number of carbonyl (C=O) groups is 3. The van der Waals surface area contributed by atoms with E-state index >= 15 is 0 Å². The molecule has 1 spiro atoms. The largest absolute Gasteiger partial charge is 0.573 e. The van der Waals surface area contributed by atoms with Crippen LogP contribution in [0.1, 0.15) is 38.5 Å². The van der Waals surface area contributed by atoms with E-state index in [0.717, 1.165) is 42.7 Å². The van der Waals surface area contributed by atoms with Crippen LogP contribution >= 0.6 is 0 Å². The molecular weight excluding hydrogens is 379 g/mol. The third kappa shape index (κ3) is 4.55. The fourth-order valence-electron chi connectivity index (χ4n) is 3.57. The Morgan fingerprint density at radius 3 is 2.29 bits per heavy atom. The van der Waals surface area contributed by atoms with Crippen molar-refractivity contribution < 1.29 is 32.3 Å². The summed E-state index contributed by atoms with van der Waals surface area (Å²) in [7, 11) is 0. The molecule has 10 heteroatoms. The van der Waals surface area contributed by atoms with Crippen molar-refractivity contribution in [3.63, 3.8) is 0 Å². The van der Waals surface area contributed by atoms with Gasteiger partial charge in [-0.1, -0.05) is 25.7 Å². The normalized spacial score (nSPS) is 19.3. The van der Waals surface area contributed by atoms with Crippen molar-refractivity contribution in [2.24, 2.45) is 0 Å². The molecule has 7 nitrogen and oxygen atoms in total. The van der Waals surface area contributed by atoms with Gasteiger partial charge in [-0.05, 0) is 37.1 Å². The molecule has 1 saturated carbocycles. The fraction of sp³-hybridized carbons (Fsp3) is 0.500. The zero-order valence-corrected chi connectivity index (χ0v) is 15.0. The van der Waals surface area contributed by atoms with Gasteiger partial charge in [0.15, 0.2) is 0 Å². The molecule has 1 aromatic carbocycles. The van der Waals surface area contributed by atoms with Crippen molar-refractivity contribution in [1.82, 2.24) is 10.2 Å². The highest BCUT2D eigenvalue weighted by molar-refractivity contribution is 6.10. The lowest BCUT2D eigenvalue weighted by molar-refractivity contribution is -0.274. The molecule has 3 rings (SSSR count). The van der Waals surface area contributed by atoms with Gasteiger partial charge in [0.05, 0.1) is 0 Å². The topological polar surface area (TPSA) is 87.7 Å². The second kappa shape index (κ2) is 7.69. The van der Waals surface area contributed by atoms with E-state index in [1.54, 1.807) is 0 Å². The number of urea groups is 1. The first-order valence-electron chi connectivity index (χ1n) is 8.98. The van der Waals surface area contributed by atoms with E-state index in [2.05, 4.69) is 15.4 Å². The molecule has 1 aromatic rings. The van der Waals surface area contributed by atoms with Gasteiger partial charge in [-0.15, -0.1) is 13.2 Å². The molecule has 0 bridgehead atoms. The molecule has 1 saturated heterocycles. The molecule has 28 heavy (non-hydrogen) atoms. The summed E-state index contributed by atoms with van der Waals surface area (Å²) in [5.74, 6) is -1.45. The average Bonchev–Trinajstić information content (AvgIpc) is 2.78. The van der Waals surface area contributed by atoms with Crippen LogP contribution in [0.5, 0.6) is 5.75 Å². The number of hydrogen-bond acceptors (Lipinski definition) is 4. The first-order chi connectivity index (χ1) is 13.2. The minimum absolute atomic E-state index is 0.218. The summed E-state index contributed by atoms with van der Waals surface area (Å²) in [4.78, 5) is 38.1. The van der Waals surface area contributed by atoms with Crippen molar-refractivity contribution in [1.29, 1.82) is 0 Å². The summed E-state index contributed by atoms with van der Waals surface area (Å²) in [5, 5.41) is 5.20. The van der Waals surface area contributed by atoms with E-state index in [9.17, 15) is 27.6 Å². The summed E-state index contributed by atoms with van der Waals surface area (Å²) in [6.07, 6.45) is -0.0371. The lowest BCUT2D eigenvalue weighted by Crippen LogP contribution is -2.47. The molecule has 1 heterocycles. The Bertz CT molecular complexity index is 756. The smallest absolute Gasteiger partial charge is 0.406 e. The molecule has 4 amide bonds. The second-order valence-corrected chi connectivity index (χ2v) is 6.94. The molecule has 152 valence electrons. The number of carbonyl (C=O) groups excluding carboxylic acids is 3. The predicted octanol–water partition coefficient (Wildman–Crippen LogP) is 3.17. The number of anilines is 1. The number of nitrogens with zero attached hydrogens (tertiary/aromatic N) is 1. The van der Waals surface area contributed by atoms with Crippen molar-refractivity contribution in [3.8, 4) is 5.75 Å². The van der Waals surface area contributed by atoms with Crippen molar-refractivity contribution >= 4 is 23.5 Å². The van der Waals surface area contributed by atoms with Crippen LogP contribution in [-0.4, -0.2) is 41.2 Å². The molecule has 0 radical (unpaired) electrons. The van der Waals surface area contributed by atoms with Gasteiger partial charge < -0.3 is 15.4 Å². The molecule has 2 aliphatic rings. The molecule has 2 N–H and O–H groups in total. The number of imide groups is 1. The van der Waals surface area contributed by atoms with Crippen LogP contribution in [0.2, 0.25) is 0 Å². The highest BCUT2D eigenvalue weighted by Crippen LogP contribution is 2.32. The summed E-state index contributed by atoms with van der Waals surface area (Å²) < 4.78 is 40.2. The van der Waals surface area contributed by atoms with Gasteiger partial charge in [0.1, 0.15) is 17.8 Å². The lowest BCUT2D eigenvalue weighted by atomic mass is 9.90. The molecule has 0 atom stereocenters. The maximum atomic E-state index is 12.8. The van der Waals surface area contributed by atoms with Gasteiger partial charge in [-0.2, -0.15) is 0 Å². The van der Waals surface area contributed by atoms with Gasteiger partial charge in [0.2, 0.25) is 5.91 Å². The molecule has 2 fully saturated rings. The van der Waals surface area contributed by atoms with E-state index in [1.807, 2.05) is 0 Å². The van der Waals surface area contributed by atoms with Gasteiger partial charge in [0.25, 0.3) is 5.91 Å². The van der Waals surface area contributed by atoms with Crippen LogP contribution in [0.3, 0.4) is 0 Å². The van der Waals surface area contributed by atoms with Crippen molar-refractivity contribution in [2.75, 3.05) is 11.9 Å². The quantitative estimate of drug-likeness (QED) is 0.762. The first-order valence-corrected chi connectivity index (χ1v) is 8.98. The SMILES string of the molecule is O=C(CN1C(=O)NC2(CCCCCC2)C1=O)Nc1ccc(OC(F)(F)F)cc1. The van der Waals surface area contributed by atoms with Gasteiger partial charge in [0, 0.05) is 5.69 Å². The van der Waals surface area contributed by atoms with Gasteiger partial charge >= 0.3 is 12.4 Å². The number of ether oxygens (including phenoxy) is 1. The fourth-order valence-corrected chi connectivity index (χ4v) is 3.57. The van der Waals surface area contributed by atoms with E-state index in [-0.39, 0.29) is 5.69 Å². The van der Waals surface area contributed by atoms with Crippen molar-refractivity contribution in [3.05, 3.63) is 24.3 Å². The van der Waals surface area contributed by atoms with Crippen LogP contribution in [-0.2, 0) is 9.59 Å². The lowest BCUT2D eigenvalue weighted by Gasteiger charge is -2.24. The second-order valence-electron chi connectivity index (χ2n) is 6.94. The molecular formula is C18H20F3N3O4. The maximum Gasteiger partial charge on any atom is 0.573 e. The molecule has 0 unspecified atom stereocenters. The third-order valence-electron chi connectivity index (χ3n) is 4.88. The number of nitrogens with one attached hydrogen (secondary N) is 2. The molecule has 1 aliphatic carbocycles. The van der Waals surface area contributed by atoms with Crippen LogP contribution < -0.4 is 15.4 Å². The van der Waals surface area contributed by atoms with E-state index in [4.69, 9.17) is 0 Å². The Morgan fingerprint density at radius 2 is 1.71 bits per heavy atom. The monoisotopic (exact) mass is 399 g/mol. The summed E-state index contributed by atoms with van der Waals surface area (Å²) in [6, 6.07) is 3.97. The van der Waals surface area contributed by atoms with E-state index in [0.29, 0.717) is 12.8 Å². The number of halogens is 3. The highest BCUT2D eigenvalue weighted by Gasteiger charge is 2.51. The summed E-state index contributed by atoms with van der Waals surface area (Å²) in [5.41, 5.74) is -0.708. The Hall–Kier alpha value is -2.78. The van der Waals surface area contributed by atoms with Crippen LogP contribution in [0.4, 0.5) is 23.7 Å². The van der Waals surface area contributed by atoms with Crippen molar-refractivity contribution in [2.45, 2.75) is 50.4 Å². The van der Waals surface area contributed by atoms with Crippen LogP contribution in [0.15, 0.2) is 24.3 Å².